The summed E-state index contributed by atoms with van der Waals surface area (Å²) in [5, 5.41) is 0. The molecule has 0 aliphatic carbocycles. The standard InChI is InChI=1S/C16H15ClFN3/c1-11-5-7-19-9-12(11)10-21-15-3-2-13(18)8-14(15)20-16(21)4-6-17/h2-3,5,7-9H,4,6,10H2,1H3. The summed E-state index contributed by atoms with van der Waals surface area (Å²) in [6.45, 7) is 2.71. The summed E-state index contributed by atoms with van der Waals surface area (Å²) in [7, 11) is 0. The van der Waals surface area contributed by atoms with Gasteiger partial charge in [0.1, 0.15) is 11.6 Å². The van der Waals surface area contributed by atoms with Crippen molar-refractivity contribution in [2.75, 3.05) is 5.88 Å². The molecule has 0 bridgehead atoms. The summed E-state index contributed by atoms with van der Waals surface area (Å²) in [5.74, 6) is 1.08. The molecule has 5 heteroatoms. The van der Waals surface area contributed by atoms with Crippen LogP contribution < -0.4 is 0 Å². The monoisotopic (exact) mass is 303 g/mol. The Morgan fingerprint density at radius 1 is 1.29 bits per heavy atom. The second kappa shape index (κ2) is 5.82. The number of hydrogen-bond donors (Lipinski definition) is 0. The van der Waals surface area contributed by atoms with E-state index in [4.69, 9.17) is 11.6 Å². The first-order chi connectivity index (χ1) is 10.2. The number of halogens is 2. The van der Waals surface area contributed by atoms with Crippen LogP contribution in [0.3, 0.4) is 0 Å². The van der Waals surface area contributed by atoms with Crippen LogP contribution in [0.4, 0.5) is 4.39 Å². The van der Waals surface area contributed by atoms with Gasteiger partial charge in [-0.1, -0.05) is 0 Å². The molecule has 0 N–H and O–H groups in total. The molecule has 21 heavy (non-hydrogen) atoms. The molecule has 0 spiro atoms. The molecule has 0 radical (unpaired) electrons. The highest BCUT2D eigenvalue weighted by Crippen LogP contribution is 2.20. The molecule has 0 amide bonds. The van der Waals surface area contributed by atoms with Gasteiger partial charge in [0.25, 0.3) is 0 Å². The first kappa shape index (κ1) is 14.0. The highest BCUT2D eigenvalue weighted by molar-refractivity contribution is 6.17. The minimum Gasteiger partial charge on any atom is -0.323 e. The van der Waals surface area contributed by atoms with E-state index in [1.807, 2.05) is 12.3 Å². The zero-order chi connectivity index (χ0) is 14.8. The smallest absolute Gasteiger partial charge is 0.125 e. The van der Waals surface area contributed by atoms with Crippen molar-refractivity contribution in [3.63, 3.8) is 0 Å². The average molecular weight is 304 g/mol. The Balaban J connectivity index is 2.11. The van der Waals surface area contributed by atoms with Crippen LogP contribution in [0.1, 0.15) is 17.0 Å². The normalized spacial score (nSPS) is 11.2. The average Bonchev–Trinajstić information content (AvgIpc) is 2.79. The Bertz CT molecular complexity index is 782. The Morgan fingerprint density at radius 2 is 2.14 bits per heavy atom. The number of aryl methyl sites for hydroxylation is 2. The van der Waals surface area contributed by atoms with Crippen molar-refractivity contribution in [3.05, 3.63) is 59.4 Å². The van der Waals surface area contributed by atoms with Crippen molar-refractivity contribution in [3.8, 4) is 0 Å². The highest BCUT2D eigenvalue weighted by atomic mass is 35.5. The fourth-order valence-corrected chi connectivity index (χ4v) is 2.61. The zero-order valence-corrected chi connectivity index (χ0v) is 12.4. The zero-order valence-electron chi connectivity index (χ0n) is 11.7. The van der Waals surface area contributed by atoms with Crippen LogP contribution in [0.2, 0.25) is 0 Å². The minimum atomic E-state index is -0.276. The van der Waals surface area contributed by atoms with Crippen LogP contribution in [0.5, 0.6) is 0 Å². The van der Waals surface area contributed by atoms with Crippen LogP contribution in [0.25, 0.3) is 11.0 Å². The number of pyridine rings is 1. The summed E-state index contributed by atoms with van der Waals surface area (Å²) in [6.07, 6.45) is 4.28. The summed E-state index contributed by atoms with van der Waals surface area (Å²) < 4.78 is 15.5. The maximum absolute atomic E-state index is 13.4. The maximum Gasteiger partial charge on any atom is 0.125 e. The molecular weight excluding hydrogens is 289 g/mol. The predicted molar refractivity (Wildman–Crippen MR) is 82.2 cm³/mol. The van der Waals surface area contributed by atoms with Gasteiger partial charge in [0.05, 0.1) is 17.6 Å². The third-order valence-electron chi connectivity index (χ3n) is 3.58. The molecule has 2 aromatic heterocycles. The van der Waals surface area contributed by atoms with Crippen LogP contribution >= 0.6 is 11.6 Å². The third kappa shape index (κ3) is 2.76. The molecule has 3 aromatic rings. The second-order valence-corrected chi connectivity index (χ2v) is 5.37. The topological polar surface area (TPSA) is 30.7 Å². The number of hydrogen-bond acceptors (Lipinski definition) is 2. The van der Waals surface area contributed by atoms with Crippen LogP contribution in [0.15, 0.2) is 36.7 Å². The van der Waals surface area contributed by atoms with Crippen LogP contribution in [-0.4, -0.2) is 20.4 Å². The van der Waals surface area contributed by atoms with Gasteiger partial charge in [0.2, 0.25) is 0 Å². The number of rotatable bonds is 4. The van der Waals surface area contributed by atoms with E-state index in [1.165, 1.54) is 17.7 Å². The summed E-state index contributed by atoms with van der Waals surface area (Å²) in [4.78, 5) is 8.68. The molecule has 0 aliphatic heterocycles. The number of imidazole rings is 1. The van der Waals surface area contributed by atoms with E-state index in [2.05, 4.69) is 21.5 Å². The van der Waals surface area contributed by atoms with E-state index < -0.39 is 0 Å². The van der Waals surface area contributed by atoms with Gasteiger partial charge in [-0.2, -0.15) is 0 Å². The largest absolute Gasteiger partial charge is 0.323 e. The molecule has 3 nitrogen and oxygen atoms in total. The minimum absolute atomic E-state index is 0.276. The summed E-state index contributed by atoms with van der Waals surface area (Å²) >= 11 is 5.86. The molecule has 0 saturated carbocycles. The highest BCUT2D eigenvalue weighted by Gasteiger charge is 2.12. The molecule has 0 saturated heterocycles. The SMILES string of the molecule is Cc1ccncc1Cn1c(CCCl)nc2cc(F)ccc21. The fourth-order valence-electron chi connectivity index (χ4n) is 2.44. The van der Waals surface area contributed by atoms with Gasteiger partial charge in [-0.25, -0.2) is 9.37 Å². The van der Waals surface area contributed by atoms with Gasteiger partial charge in [-0.3, -0.25) is 4.98 Å². The molecule has 0 fully saturated rings. The molecule has 0 unspecified atom stereocenters. The number of nitrogens with zero attached hydrogens (tertiary/aromatic N) is 3. The lowest BCUT2D eigenvalue weighted by molar-refractivity contribution is 0.629. The number of fused-ring (bicyclic) bond motifs is 1. The Labute approximate surface area is 127 Å². The quantitative estimate of drug-likeness (QED) is 0.688. The van der Waals surface area contributed by atoms with Gasteiger partial charge in [0.15, 0.2) is 0 Å². The van der Waals surface area contributed by atoms with Crippen molar-refractivity contribution < 1.29 is 4.39 Å². The van der Waals surface area contributed by atoms with Crippen molar-refractivity contribution in [1.82, 2.24) is 14.5 Å². The van der Waals surface area contributed by atoms with Crippen LogP contribution in [-0.2, 0) is 13.0 Å². The van der Waals surface area contributed by atoms with Gasteiger partial charge >= 0.3 is 0 Å². The predicted octanol–water partition coefficient (Wildman–Crippen LogP) is 3.71. The van der Waals surface area contributed by atoms with Crippen molar-refractivity contribution >= 4 is 22.6 Å². The van der Waals surface area contributed by atoms with Crippen molar-refractivity contribution in [2.45, 2.75) is 19.9 Å². The van der Waals surface area contributed by atoms with E-state index in [0.29, 0.717) is 24.4 Å². The Kier molecular flexibility index (Phi) is 3.88. The van der Waals surface area contributed by atoms with Gasteiger partial charge in [-0.05, 0) is 36.2 Å². The third-order valence-corrected chi connectivity index (χ3v) is 3.77. The van der Waals surface area contributed by atoms with Gasteiger partial charge in [-0.15, -0.1) is 11.6 Å². The van der Waals surface area contributed by atoms with E-state index in [-0.39, 0.29) is 5.82 Å². The lowest BCUT2D eigenvalue weighted by Gasteiger charge is -2.10. The van der Waals surface area contributed by atoms with E-state index in [9.17, 15) is 4.39 Å². The summed E-state index contributed by atoms with van der Waals surface area (Å²) in [5.41, 5.74) is 3.87. The van der Waals surface area contributed by atoms with Crippen molar-refractivity contribution in [2.24, 2.45) is 0 Å². The van der Waals surface area contributed by atoms with Crippen LogP contribution in [0, 0.1) is 12.7 Å². The van der Waals surface area contributed by atoms with E-state index >= 15 is 0 Å². The molecule has 3 rings (SSSR count). The number of alkyl halides is 1. The molecule has 0 atom stereocenters. The van der Waals surface area contributed by atoms with Gasteiger partial charge in [0, 0.05) is 30.8 Å². The molecule has 0 aliphatic rings. The second-order valence-electron chi connectivity index (χ2n) is 4.99. The van der Waals surface area contributed by atoms with E-state index in [0.717, 1.165) is 16.9 Å². The Morgan fingerprint density at radius 3 is 2.90 bits per heavy atom. The number of benzene rings is 1. The fraction of sp³-hybridized carbons (Fsp3) is 0.250. The lowest BCUT2D eigenvalue weighted by Crippen LogP contribution is -2.07. The Hall–Kier alpha value is -1.94. The molecular formula is C16H15ClFN3. The lowest BCUT2D eigenvalue weighted by atomic mass is 10.1. The maximum atomic E-state index is 13.4. The molecule has 108 valence electrons. The molecule has 1 aromatic carbocycles. The van der Waals surface area contributed by atoms with Crippen molar-refractivity contribution in [1.29, 1.82) is 0 Å². The van der Waals surface area contributed by atoms with Gasteiger partial charge < -0.3 is 4.57 Å². The molecule has 2 heterocycles. The summed E-state index contributed by atoms with van der Waals surface area (Å²) in [6, 6.07) is 6.66. The number of aromatic nitrogens is 3. The first-order valence-corrected chi connectivity index (χ1v) is 7.32. The van der Waals surface area contributed by atoms with E-state index in [1.54, 1.807) is 12.3 Å². The first-order valence-electron chi connectivity index (χ1n) is 6.79.